The van der Waals surface area contributed by atoms with Crippen LogP contribution in [-0.2, 0) is 4.74 Å². The quantitative estimate of drug-likeness (QED) is 0.760. The Bertz CT molecular complexity index is 597. The van der Waals surface area contributed by atoms with E-state index >= 15 is 0 Å². The van der Waals surface area contributed by atoms with Gasteiger partial charge in [-0.1, -0.05) is 25.1 Å². The second kappa shape index (κ2) is 4.25. The summed E-state index contributed by atoms with van der Waals surface area (Å²) in [5, 5.41) is 0.976. The molecule has 1 aliphatic heterocycles. The molecule has 3 nitrogen and oxygen atoms in total. The van der Waals surface area contributed by atoms with Gasteiger partial charge in [0.15, 0.2) is 5.76 Å². The van der Waals surface area contributed by atoms with Crippen LogP contribution < -0.4 is 0 Å². The van der Waals surface area contributed by atoms with Crippen molar-refractivity contribution in [3.8, 4) is 0 Å². The smallest absolute Gasteiger partial charge is 0.226 e. The summed E-state index contributed by atoms with van der Waals surface area (Å²) in [6, 6.07) is 7.73. The minimum Gasteiger partial charge on any atom is -0.453 e. The van der Waals surface area contributed by atoms with E-state index in [1.54, 1.807) is 0 Å². The predicted molar refractivity (Wildman–Crippen MR) is 68.8 cm³/mol. The first kappa shape index (κ1) is 11.5. The van der Waals surface area contributed by atoms with Gasteiger partial charge >= 0.3 is 0 Å². The highest BCUT2D eigenvalue weighted by molar-refractivity contribution is 6.01. The topological polar surface area (TPSA) is 39.4 Å². The van der Waals surface area contributed by atoms with Crippen molar-refractivity contribution < 1.29 is 13.9 Å². The van der Waals surface area contributed by atoms with Crippen molar-refractivity contribution in [1.82, 2.24) is 0 Å². The van der Waals surface area contributed by atoms with Gasteiger partial charge in [-0.05, 0) is 30.9 Å². The maximum absolute atomic E-state index is 12.3. The second-order valence-corrected chi connectivity index (χ2v) is 5.03. The summed E-state index contributed by atoms with van der Waals surface area (Å²) in [4.78, 5) is 12.3. The molecule has 2 aromatic rings. The molecule has 0 saturated carbocycles. The fourth-order valence-corrected chi connectivity index (χ4v) is 2.50. The van der Waals surface area contributed by atoms with Gasteiger partial charge in [0, 0.05) is 12.0 Å². The first-order chi connectivity index (χ1) is 8.66. The molecule has 0 bridgehead atoms. The molecular formula is C15H16O3. The van der Waals surface area contributed by atoms with E-state index in [-0.39, 0.29) is 17.8 Å². The van der Waals surface area contributed by atoms with E-state index in [2.05, 4.69) is 0 Å². The molecule has 0 spiro atoms. The number of furan rings is 1. The molecule has 18 heavy (non-hydrogen) atoms. The average Bonchev–Trinajstić information content (AvgIpc) is 2.95. The summed E-state index contributed by atoms with van der Waals surface area (Å²) in [6.07, 6.45) is 0.598. The van der Waals surface area contributed by atoms with Crippen molar-refractivity contribution in [3.63, 3.8) is 0 Å². The zero-order chi connectivity index (χ0) is 12.7. The van der Waals surface area contributed by atoms with Gasteiger partial charge in [-0.2, -0.15) is 0 Å². The lowest BCUT2D eigenvalue weighted by Gasteiger charge is -2.10. The molecule has 1 fully saturated rings. The van der Waals surface area contributed by atoms with Gasteiger partial charge in [0.2, 0.25) is 5.78 Å². The summed E-state index contributed by atoms with van der Waals surface area (Å²) >= 11 is 0. The normalized spacial score (nSPS) is 23.7. The molecule has 1 aromatic heterocycles. The fourth-order valence-electron chi connectivity index (χ4n) is 2.50. The Labute approximate surface area is 106 Å². The Hall–Kier alpha value is -1.61. The number of para-hydroxylation sites is 1. The highest BCUT2D eigenvalue weighted by Crippen LogP contribution is 2.28. The summed E-state index contributed by atoms with van der Waals surface area (Å²) in [6.45, 7) is 4.69. The van der Waals surface area contributed by atoms with Crippen LogP contribution in [0.4, 0.5) is 0 Å². The lowest BCUT2D eigenvalue weighted by Crippen LogP contribution is -2.24. The molecular weight excluding hydrogens is 228 g/mol. The molecule has 2 atom stereocenters. The monoisotopic (exact) mass is 244 g/mol. The number of Topliss-reactive ketones (excluding diaryl/α,β-unsaturated/α-hetero) is 1. The van der Waals surface area contributed by atoms with Gasteiger partial charge in [0.05, 0.1) is 0 Å². The largest absolute Gasteiger partial charge is 0.453 e. The third-order valence-corrected chi connectivity index (χ3v) is 3.63. The number of aryl methyl sites for hydroxylation is 1. The number of carbonyl (C=O) groups excluding carboxylic acids is 1. The van der Waals surface area contributed by atoms with Crippen LogP contribution >= 0.6 is 0 Å². The third-order valence-electron chi connectivity index (χ3n) is 3.63. The molecule has 3 heteroatoms. The standard InChI is InChI=1S/C15H16O3/c1-9-4-3-5-11-8-12(18-14(9)11)13(16)15-10(2)6-7-17-15/h3-5,8,10,15H,6-7H2,1-2H3. The van der Waals surface area contributed by atoms with Crippen molar-refractivity contribution in [2.24, 2.45) is 5.92 Å². The number of ether oxygens (including phenoxy) is 1. The Kier molecular flexibility index (Phi) is 2.71. The van der Waals surface area contributed by atoms with Crippen LogP contribution in [0.25, 0.3) is 11.0 Å². The molecule has 0 radical (unpaired) electrons. The predicted octanol–water partition coefficient (Wildman–Crippen LogP) is 3.35. The molecule has 0 amide bonds. The van der Waals surface area contributed by atoms with Crippen LogP contribution in [0.15, 0.2) is 28.7 Å². The molecule has 1 aromatic carbocycles. The highest BCUT2D eigenvalue weighted by atomic mass is 16.5. The zero-order valence-corrected chi connectivity index (χ0v) is 10.6. The summed E-state index contributed by atoms with van der Waals surface area (Å²) in [5.74, 6) is 0.653. The van der Waals surface area contributed by atoms with E-state index in [1.165, 1.54) is 0 Å². The van der Waals surface area contributed by atoms with Crippen LogP contribution in [0, 0.1) is 12.8 Å². The Morgan fingerprint density at radius 1 is 1.39 bits per heavy atom. The van der Waals surface area contributed by atoms with E-state index in [0.717, 1.165) is 23.0 Å². The number of fused-ring (bicyclic) bond motifs is 1. The first-order valence-corrected chi connectivity index (χ1v) is 6.32. The van der Waals surface area contributed by atoms with Gasteiger partial charge in [0.1, 0.15) is 11.7 Å². The molecule has 3 rings (SSSR count). The number of hydrogen-bond donors (Lipinski definition) is 0. The number of benzene rings is 1. The average molecular weight is 244 g/mol. The maximum Gasteiger partial charge on any atom is 0.226 e. The molecule has 94 valence electrons. The molecule has 1 saturated heterocycles. The molecule has 2 heterocycles. The van der Waals surface area contributed by atoms with Gasteiger partial charge < -0.3 is 9.15 Å². The van der Waals surface area contributed by atoms with E-state index in [9.17, 15) is 4.79 Å². The number of ketones is 1. The summed E-state index contributed by atoms with van der Waals surface area (Å²) < 4.78 is 11.2. The van der Waals surface area contributed by atoms with E-state index in [4.69, 9.17) is 9.15 Å². The number of carbonyl (C=O) groups is 1. The van der Waals surface area contributed by atoms with Crippen LogP contribution in [0.3, 0.4) is 0 Å². The van der Waals surface area contributed by atoms with Crippen LogP contribution in [0.5, 0.6) is 0 Å². The van der Waals surface area contributed by atoms with E-state index < -0.39 is 0 Å². The van der Waals surface area contributed by atoms with Gasteiger partial charge in [-0.15, -0.1) is 0 Å². The van der Waals surface area contributed by atoms with Crippen molar-refractivity contribution >= 4 is 16.8 Å². The lowest BCUT2D eigenvalue weighted by atomic mass is 9.99. The summed E-state index contributed by atoms with van der Waals surface area (Å²) in [5.41, 5.74) is 1.85. The first-order valence-electron chi connectivity index (χ1n) is 6.32. The fraction of sp³-hybridized carbons (Fsp3) is 0.400. The number of hydrogen-bond acceptors (Lipinski definition) is 3. The summed E-state index contributed by atoms with van der Waals surface area (Å²) in [7, 11) is 0. The lowest BCUT2D eigenvalue weighted by molar-refractivity contribution is 0.0554. The van der Waals surface area contributed by atoms with Gasteiger partial charge in [0.25, 0.3) is 0 Å². The van der Waals surface area contributed by atoms with Crippen molar-refractivity contribution in [1.29, 1.82) is 0 Å². The minimum absolute atomic E-state index is 0.0319. The van der Waals surface area contributed by atoms with Crippen LogP contribution in [-0.4, -0.2) is 18.5 Å². The molecule has 2 unspecified atom stereocenters. The van der Waals surface area contributed by atoms with Crippen molar-refractivity contribution in [2.75, 3.05) is 6.61 Å². The minimum atomic E-state index is -0.342. The van der Waals surface area contributed by atoms with Crippen molar-refractivity contribution in [2.45, 2.75) is 26.4 Å². The third kappa shape index (κ3) is 1.75. The van der Waals surface area contributed by atoms with Crippen LogP contribution in [0.1, 0.15) is 29.5 Å². The SMILES string of the molecule is Cc1cccc2cc(C(=O)C3OCCC3C)oc12. The van der Waals surface area contributed by atoms with Crippen molar-refractivity contribution in [3.05, 3.63) is 35.6 Å². The maximum atomic E-state index is 12.3. The molecule has 0 N–H and O–H groups in total. The Morgan fingerprint density at radius 3 is 2.89 bits per heavy atom. The van der Waals surface area contributed by atoms with Crippen LogP contribution in [0.2, 0.25) is 0 Å². The highest BCUT2D eigenvalue weighted by Gasteiger charge is 2.33. The van der Waals surface area contributed by atoms with E-state index in [1.807, 2.05) is 38.1 Å². The molecule has 1 aliphatic rings. The Balaban J connectivity index is 1.99. The van der Waals surface area contributed by atoms with E-state index in [0.29, 0.717) is 12.4 Å². The second-order valence-electron chi connectivity index (χ2n) is 5.03. The molecule has 0 aliphatic carbocycles. The van der Waals surface area contributed by atoms with Gasteiger partial charge in [-0.25, -0.2) is 0 Å². The number of rotatable bonds is 2. The zero-order valence-electron chi connectivity index (χ0n) is 10.6. The van der Waals surface area contributed by atoms with Gasteiger partial charge in [-0.3, -0.25) is 4.79 Å². The Morgan fingerprint density at radius 2 is 2.22 bits per heavy atom.